The maximum Gasteiger partial charge on any atom is 1.00 e. The van der Waals surface area contributed by atoms with Crippen molar-refractivity contribution in [3.8, 4) is 0 Å². The molecule has 0 amide bonds. The third-order valence-corrected chi connectivity index (χ3v) is 2.72. The van der Waals surface area contributed by atoms with Crippen molar-refractivity contribution in [3.05, 3.63) is 28.8 Å². The summed E-state index contributed by atoms with van der Waals surface area (Å²) in [5.41, 5.74) is 0.937. The summed E-state index contributed by atoms with van der Waals surface area (Å²) in [6.45, 7) is 3.20. The molecular weight excluding hydrogens is 250 g/mol. The Balaban J connectivity index is 0. The minimum absolute atomic E-state index is 0. The van der Waals surface area contributed by atoms with E-state index in [4.69, 9.17) is 0 Å². The zero-order chi connectivity index (χ0) is 10.9. The second-order valence-corrected chi connectivity index (χ2v) is 3.86. The van der Waals surface area contributed by atoms with Crippen LogP contribution in [0.15, 0.2) is 17.0 Å². The largest absolute Gasteiger partial charge is 1.00 e. The number of carbonyl (C=O) groups is 1. The molecule has 1 unspecified atom stereocenters. The summed E-state index contributed by atoms with van der Waals surface area (Å²) in [7, 11) is 0. The van der Waals surface area contributed by atoms with Crippen LogP contribution in [-0.2, 0) is 11.1 Å². The molecule has 0 heterocycles. The first kappa shape index (κ1) is 19.1. The van der Waals surface area contributed by atoms with Gasteiger partial charge in [-0.2, -0.15) is 0 Å². The summed E-state index contributed by atoms with van der Waals surface area (Å²) >= 11 is -2.42. The van der Waals surface area contributed by atoms with E-state index in [9.17, 15) is 18.7 Å². The Labute approximate surface area is 141 Å². The summed E-state index contributed by atoms with van der Waals surface area (Å²) in [6, 6.07) is 2.62. The van der Waals surface area contributed by atoms with Crippen LogP contribution >= 0.6 is 0 Å². The predicted molar refractivity (Wildman–Crippen MR) is 47.4 cm³/mol. The van der Waals surface area contributed by atoms with Gasteiger partial charge in [0.15, 0.2) is 0 Å². The monoisotopic (exact) mass is 258 g/mol. The molecular formula is C9H8Na2O4S. The Bertz CT molecular complexity index is 385. The molecule has 1 rings (SSSR count). The molecule has 0 saturated heterocycles. The van der Waals surface area contributed by atoms with Gasteiger partial charge in [-0.3, -0.25) is 4.21 Å². The second-order valence-electron chi connectivity index (χ2n) is 2.95. The first-order valence-corrected chi connectivity index (χ1v) is 4.93. The van der Waals surface area contributed by atoms with Crippen molar-refractivity contribution in [2.24, 2.45) is 0 Å². The smallest absolute Gasteiger partial charge is 0.768 e. The summed E-state index contributed by atoms with van der Waals surface area (Å²) < 4.78 is 21.4. The van der Waals surface area contributed by atoms with E-state index >= 15 is 0 Å². The van der Waals surface area contributed by atoms with Crippen molar-refractivity contribution in [3.63, 3.8) is 0 Å². The Hall–Kier alpha value is 0.800. The number of carboxylic acids is 1. The molecule has 1 aromatic rings. The van der Waals surface area contributed by atoms with Crippen LogP contribution in [0.1, 0.15) is 21.5 Å². The first-order chi connectivity index (χ1) is 6.43. The van der Waals surface area contributed by atoms with E-state index in [1.165, 1.54) is 6.07 Å². The Morgan fingerprint density at radius 3 is 2.06 bits per heavy atom. The van der Waals surface area contributed by atoms with Crippen LogP contribution in [0.25, 0.3) is 0 Å². The second kappa shape index (κ2) is 8.00. The standard InChI is InChI=1S/C9H10O4S.2Na/c1-5-3-6(2)8(14(12)13)4-7(5)9(10)11;;/h3-4H,1-2H3,(H,10,11)(H,12,13);;/q;2*+1/p-2. The molecule has 0 aliphatic heterocycles. The van der Waals surface area contributed by atoms with E-state index in [0.29, 0.717) is 11.1 Å². The van der Waals surface area contributed by atoms with Gasteiger partial charge >= 0.3 is 59.1 Å². The van der Waals surface area contributed by atoms with Crippen LogP contribution in [0.2, 0.25) is 0 Å². The third-order valence-electron chi connectivity index (χ3n) is 1.92. The molecule has 4 nitrogen and oxygen atoms in total. The first-order valence-electron chi connectivity index (χ1n) is 3.85. The third kappa shape index (κ3) is 4.58. The fourth-order valence-corrected chi connectivity index (χ4v) is 1.77. The van der Waals surface area contributed by atoms with Gasteiger partial charge in [-0.25, -0.2) is 0 Å². The number of carbonyl (C=O) groups excluding carboxylic acids is 1. The van der Waals surface area contributed by atoms with E-state index in [2.05, 4.69) is 0 Å². The van der Waals surface area contributed by atoms with Gasteiger partial charge in [0.1, 0.15) is 0 Å². The quantitative estimate of drug-likeness (QED) is 0.390. The topological polar surface area (TPSA) is 80.3 Å². The number of hydrogen-bond acceptors (Lipinski definition) is 4. The average molecular weight is 258 g/mol. The molecule has 0 radical (unpaired) electrons. The van der Waals surface area contributed by atoms with E-state index in [1.54, 1.807) is 13.8 Å². The Kier molecular flexibility index (Phi) is 9.57. The number of aromatic carboxylic acids is 1. The van der Waals surface area contributed by atoms with Gasteiger partial charge in [-0.15, -0.1) is 0 Å². The Morgan fingerprint density at radius 2 is 1.69 bits per heavy atom. The van der Waals surface area contributed by atoms with Crippen LogP contribution in [0, 0.1) is 13.8 Å². The zero-order valence-corrected chi connectivity index (χ0v) is 14.5. The van der Waals surface area contributed by atoms with E-state index in [-0.39, 0.29) is 69.6 Å². The molecule has 16 heavy (non-hydrogen) atoms. The number of aryl methyl sites for hydroxylation is 2. The molecule has 0 spiro atoms. The minimum atomic E-state index is -2.42. The van der Waals surface area contributed by atoms with Crippen molar-refractivity contribution in [1.82, 2.24) is 0 Å². The van der Waals surface area contributed by atoms with Crippen molar-refractivity contribution in [1.29, 1.82) is 0 Å². The van der Waals surface area contributed by atoms with Crippen LogP contribution in [0.4, 0.5) is 0 Å². The molecule has 76 valence electrons. The summed E-state index contributed by atoms with van der Waals surface area (Å²) in [5.74, 6) is -1.37. The maximum absolute atomic E-state index is 10.7. The van der Waals surface area contributed by atoms with Crippen molar-refractivity contribution >= 4 is 17.0 Å². The Morgan fingerprint density at radius 1 is 1.19 bits per heavy atom. The molecule has 0 N–H and O–H groups in total. The molecule has 0 aliphatic carbocycles. The fourth-order valence-electron chi connectivity index (χ4n) is 1.23. The SMILES string of the molecule is Cc1cc(C)c(S(=O)[O-])cc1C(=O)[O-].[Na+].[Na+]. The minimum Gasteiger partial charge on any atom is -0.768 e. The van der Waals surface area contributed by atoms with Crippen LogP contribution in [0.3, 0.4) is 0 Å². The van der Waals surface area contributed by atoms with Crippen LogP contribution in [-0.4, -0.2) is 14.7 Å². The van der Waals surface area contributed by atoms with Gasteiger partial charge in [0.2, 0.25) is 0 Å². The predicted octanol–water partition coefficient (Wildman–Crippen LogP) is -6.09. The zero-order valence-electron chi connectivity index (χ0n) is 9.70. The van der Waals surface area contributed by atoms with Crippen molar-refractivity contribution in [2.75, 3.05) is 0 Å². The van der Waals surface area contributed by atoms with Gasteiger partial charge in [-0.1, -0.05) is 6.07 Å². The van der Waals surface area contributed by atoms with E-state index < -0.39 is 17.0 Å². The number of rotatable bonds is 2. The molecule has 0 aromatic heterocycles. The maximum atomic E-state index is 10.7. The summed E-state index contributed by atoms with van der Waals surface area (Å²) in [5, 5.41) is 10.6. The molecule has 0 bridgehead atoms. The van der Waals surface area contributed by atoms with E-state index in [1.807, 2.05) is 0 Å². The number of carboxylic acid groups (broad SMARTS) is 1. The van der Waals surface area contributed by atoms with Crippen LogP contribution in [0.5, 0.6) is 0 Å². The average Bonchev–Trinajstić information content (AvgIpc) is 2.02. The number of benzene rings is 1. The van der Waals surface area contributed by atoms with Gasteiger partial charge in [0.25, 0.3) is 0 Å². The van der Waals surface area contributed by atoms with E-state index in [0.717, 1.165) is 6.07 Å². The van der Waals surface area contributed by atoms with Crippen molar-refractivity contribution in [2.45, 2.75) is 18.7 Å². The molecule has 0 aliphatic rings. The van der Waals surface area contributed by atoms with Gasteiger partial charge in [0.05, 0.1) is 5.97 Å². The summed E-state index contributed by atoms with van der Waals surface area (Å²) in [6.07, 6.45) is 0. The van der Waals surface area contributed by atoms with Crippen LogP contribution < -0.4 is 64.2 Å². The van der Waals surface area contributed by atoms with Gasteiger partial charge < -0.3 is 14.5 Å². The fraction of sp³-hybridized carbons (Fsp3) is 0.222. The normalized spacial score (nSPS) is 10.9. The van der Waals surface area contributed by atoms with Crippen molar-refractivity contribution < 1.29 is 77.8 Å². The van der Waals surface area contributed by atoms with Gasteiger partial charge in [0, 0.05) is 10.5 Å². The molecule has 0 fully saturated rings. The molecule has 1 aromatic carbocycles. The molecule has 0 saturated carbocycles. The molecule has 7 heteroatoms. The number of hydrogen-bond donors (Lipinski definition) is 0. The molecule has 1 atom stereocenters. The van der Waals surface area contributed by atoms with Gasteiger partial charge in [-0.05, 0) is 42.1 Å². The summed E-state index contributed by atoms with van der Waals surface area (Å²) in [4.78, 5) is 10.6.